The molecule has 1 aromatic carbocycles. The number of hydrogen-bond donors (Lipinski definition) is 2. The molecule has 0 aromatic heterocycles. The van der Waals surface area contributed by atoms with Crippen molar-refractivity contribution in [2.45, 2.75) is 103 Å². The summed E-state index contributed by atoms with van der Waals surface area (Å²) in [6.45, 7) is 5.62. The molecule has 6 heteroatoms. The van der Waals surface area contributed by atoms with Gasteiger partial charge in [-0.1, -0.05) is 63.3 Å². The average Bonchev–Trinajstić information content (AvgIpc) is 3.17. The number of hydrogen-bond acceptors (Lipinski definition) is 4. The Hall–Kier alpha value is -1.79. The molecule has 0 aliphatic heterocycles. The second-order valence-corrected chi connectivity index (χ2v) is 10.6. The molecule has 0 spiro atoms. The number of carbonyl (C=O) groups is 1. The lowest BCUT2D eigenvalue weighted by Gasteiger charge is -2.30. The molecule has 0 bridgehead atoms. The summed E-state index contributed by atoms with van der Waals surface area (Å²) in [4.78, 5) is 11.9. The van der Waals surface area contributed by atoms with Crippen LogP contribution < -0.4 is 0 Å². The van der Waals surface area contributed by atoms with Crippen LogP contribution in [0.15, 0.2) is 42.5 Å². The number of rotatable bonds is 15. The van der Waals surface area contributed by atoms with E-state index < -0.39 is 24.0 Å². The largest absolute Gasteiger partial charge is 0.461 e. The molecule has 1 aliphatic carbocycles. The molecule has 0 saturated heterocycles. The van der Waals surface area contributed by atoms with Crippen LogP contribution in [-0.2, 0) is 16.1 Å². The lowest BCUT2D eigenvalue weighted by atomic mass is 9.84. The van der Waals surface area contributed by atoms with Gasteiger partial charge in [-0.25, -0.2) is 8.78 Å². The van der Waals surface area contributed by atoms with Crippen molar-refractivity contribution in [2.75, 3.05) is 0 Å². The Bertz CT molecular complexity index is 765. The molecule has 1 fully saturated rings. The first-order valence-corrected chi connectivity index (χ1v) is 13.2. The standard InChI is InChI=1S/C29H44F2O4/c1-21(2)19-22(3)29(30,31)27(33)18-16-24-15-17-26(32)25(24)13-9-4-5-10-14-28(34)35-20-23-11-7-6-8-12-23/h4,6-9,11-12,21-22,24-27,32-33H,5,10,13-20H2,1-3H3/b9-4-/t22-,24-,25-,26+,27?/m1/s1. The first-order valence-electron chi connectivity index (χ1n) is 13.2. The summed E-state index contributed by atoms with van der Waals surface area (Å²) in [6.07, 6.45) is 6.83. The van der Waals surface area contributed by atoms with E-state index in [1.807, 2.05) is 56.3 Å². The van der Waals surface area contributed by atoms with E-state index in [1.54, 1.807) is 0 Å². The third-order valence-electron chi connectivity index (χ3n) is 7.24. The van der Waals surface area contributed by atoms with Crippen molar-refractivity contribution in [3.8, 4) is 0 Å². The quantitative estimate of drug-likeness (QED) is 0.162. The first kappa shape index (κ1) is 29.4. The SMILES string of the molecule is CC(C)C[C@@H](C)C(F)(F)C(O)CC[C@H]1CC[C@H](O)[C@@H]1C/C=C\CCCC(=O)OCc1ccccc1. The van der Waals surface area contributed by atoms with E-state index in [2.05, 4.69) is 0 Å². The van der Waals surface area contributed by atoms with E-state index >= 15 is 0 Å². The Balaban J connectivity index is 1.69. The predicted octanol–water partition coefficient (Wildman–Crippen LogP) is 6.69. The van der Waals surface area contributed by atoms with Crippen LogP contribution in [0.4, 0.5) is 8.78 Å². The fourth-order valence-electron chi connectivity index (χ4n) is 5.14. The predicted molar refractivity (Wildman–Crippen MR) is 135 cm³/mol. The van der Waals surface area contributed by atoms with Crippen LogP contribution in [0.1, 0.15) is 84.1 Å². The number of allylic oxidation sites excluding steroid dienone is 2. The van der Waals surface area contributed by atoms with Gasteiger partial charge in [0.05, 0.1) is 6.10 Å². The fourth-order valence-corrected chi connectivity index (χ4v) is 5.14. The number of unbranched alkanes of at least 4 members (excludes halogenated alkanes) is 1. The number of esters is 1. The van der Waals surface area contributed by atoms with Crippen molar-refractivity contribution in [1.29, 1.82) is 0 Å². The molecule has 1 saturated carbocycles. The first-order chi connectivity index (χ1) is 16.6. The van der Waals surface area contributed by atoms with Crippen LogP contribution in [0, 0.1) is 23.7 Å². The highest BCUT2D eigenvalue weighted by Gasteiger charge is 2.44. The minimum atomic E-state index is -3.10. The van der Waals surface area contributed by atoms with Crippen LogP contribution >= 0.6 is 0 Å². The molecular formula is C29H44F2O4. The minimum Gasteiger partial charge on any atom is -0.461 e. The van der Waals surface area contributed by atoms with Crippen molar-refractivity contribution in [1.82, 2.24) is 0 Å². The van der Waals surface area contributed by atoms with Crippen molar-refractivity contribution in [3.05, 3.63) is 48.0 Å². The van der Waals surface area contributed by atoms with Gasteiger partial charge in [-0.15, -0.1) is 0 Å². The highest BCUT2D eigenvalue weighted by molar-refractivity contribution is 5.69. The van der Waals surface area contributed by atoms with Gasteiger partial charge in [-0.05, 0) is 74.7 Å². The van der Waals surface area contributed by atoms with Crippen LogP contribution in [0.25, 0.3) is 0 Å². The zero-order chi connectivity index (χ0) is 25.8. The number of alkyl halides is 2. The maximum Gasteiger partial charge on any atom is 0.306 e. The Kier molecular flexibility index (Phi) is 12.4. The topological polar surface area (TPSA) is 66.8 Å². The molecule has 0 amide bonds. The lowest BCUT2D eigenvalue weighted by Crippen LogP contribution is -2.40. The molecule has 1 aromatic rings. The smallest absolute Gasteiger partial charge is 0.306 e. The third-order valence-corrected chi connectivity index (χ3v) is 7.24. The van der Waals surface area contributed by atoms with Crippen LogP contribution in [0.3, 0.4) is 0 Å². The summed E-state index contributed by atoms with van der Waals surface area (Å²) in [5.74, 6) is -3.86. The molecule has 1 aliphatic rings. The molecule has 35 heavy (non-hydrogen) atoms. The Morgan fingerprint density at radius 3 is 2.57 bits per heavy atom. The molecular weight excluding hydrogens is 450 g/mol. The summed E-state index contributed by atoms with van der Waals surface area (Å²) >= 11 is 0. The fraction of sp³-hybridized carbons (Fsp3) is 0.690. The van der Waals surface area contributed by atoms with Crippen molar-refractivity contribution < 1.29 is 28.5 Å². The molecule has 0 radical (unpaired) electrons. The van der Waals surface area contributed by atoms with Gasteiger partial charge in [0.25, 0.3) is 5.92 Å². The van der Waals surface area contributed by atoms with E-state index in [0.717, 1.165) is 18.4 Å². The average molecular weight is 495 g/mol. The molecule has 198 valence electrons. The third kappa shape index (κ3) is 10.0. The van der Waals surface area contributed by atoms with E-state index in [9.17, 15) is 23.8 Å². The summed E-state index contributed by atoms with van der Waals surface area (Å²) in [5.41, 5.74) is 0.965. The second kappa shape index (κ2) is 14.7. The molecule has 2 rings (SSSR count). The van der Waals surface area contributed by atoms with Gasteiger partial charge >= 0.3 is 5.97 Å². The Morgan fingerprint density at radius 2 is 1.89 bits per heavy atom. The van der Waals surface area contributed by atoms with Crippen LogP contribution in [-0.4, -0.2) is 34.3 Å². The van der Waals surface area contributed by atoms with Gasteiger partial charge in [0.2, 0.25) is 0 Å². The highest BCUT2D eigenvalue weighted by atomic mass is 19.3. The maximum atomic E-state index is 14.6. The van der Waals surface area contributed by atoms with Crippen molar-refractivity contribution >= 4 is 5.97 Å². The number of aliphatic hydroxyl groups excluding tert-OH is 2. The summed E-state index contributed by atoms with van der Waals surface area (Å²) in [7, 11) is 0. The van der Waals surface area contributed by atoms with Crippen LogP contribution in [0.2, 0.25) is 0 Å². The second-order valence-electron chi connectivity index (χ2n) is 10.6. The molecule has 1 unspecified atom stereocenters. The summed E-state index contributed by atoms with van der Waals surface area (Å²) in [5, 5.41) is 20.6. The number of carbonyl (C=O) groups excluding carboxylic acids is 1. The number of benzene rings is 1. The van der Waals surface area contributed by atoms with Crippen molar-refractivity contribution in [3.63, 3.8) is 0 Å². The molecule has 0 heterocycles. The highest BCUT2D eigenvalue weighted by Crippen LogP contribution is 2.40. The van der Waals surface area contributed by atoms with Crippen molar-refractivity contribution in [2.24, 2.45) is 23.7 Å². The van der Waals surface area contributed by atoms with Gasteiger partial charge in [0, 0.05) is 12.3 Å². The number of halogens is 2. The maximum absolute atomic E-state index is 14.6. The van der Waals surface area contributed by atoms with Gasteiger partial charge < -0.3 is 14.9 Å². The lowest BCUT2D eigenvalue weighted by molar-refractivity contribution is -0.150. The Labute approximate surface area is 209 Å². The molecule has 4 nitrogen and oxygen atoms in total. The Morgan fingerprint density at radius 1 is 1.17 bits per heavy atom. The van der Waals surface area contributed by atoms with E-state index in [1.165, 1.54) is 6.92 Å². The van der Waals surface area contributed by atoms with Gasteiger partial charge in [0.15, 0.2) is 0 Å². The van der Waals surface area contributed by atoms with E-state index in [4.69, 9.17) is 4.74 Å². The monoisotopic (exact) mass is 494 g/mol. The normalized spacial score (nSPS) is 22.6. The van der Waals surface area contributed by atoms with Gasteiger partial charge in [0.1, 0.15) is 12.7 Å². The van der Waals surface area contributed by atoms with Crippen LogP contribution in [0.5, 0.6) is 0 Å². The van der Waals surface area contributed by atoms with E-state index in [-0.39, 0.29) is 36.8 Å². The summed E-state index contributed by atoms with van der Waals surface area (Å²) in [6, 6.07) is 9.57. The van der Waals surface area contributed by atoms with E-state index in [0.29, 0.717) is 38.5 Å². The van der Waals surface area contributed by atoms with Gasteiger partial charge in [-0.3, -0.25) is 4.79 Å². The minimum absolute atomic E-state index is 0.0241. The zero-order valence-electron chi connectivity index (χ0n) is 21.5. The molecule has 5 atom stereocenters. The molecule has 2 N–H and O–H groups in total. The zero-order valence-corrected chi connectivity index (χ0v) is 21.5. The number of ether oxygens (including phenoxy) is 1. The summed E-state index contributed by atoms with van der Waals surface area (Å²) < 4.78 is 34.5. The van der Waals surface area contributed by atoms with Gasteiger partial charge in [-0.2, -0.15) is 0 Å². The number of aliphatic hydroxyl groups is 2.